The fourth-order valence-electron chi connectivity index (χ4n) is 2.61. The first kappa shape index (κ1) is 12.7. The highest BCUT2D eigenvalue weighted by molar-refractivity contribution is 6.35. The van der Waals surface area contributed by atoms with Gasteiger partial charge in [0.1, 0.15) is 25.4 Å². The number of benzene rings is 2. The molecule has 2 aromatic carbocycles. The first-order chi connectivity index (χ1) is 9.25. The molecule has 0 atom stereocenters. The summed E-state index contributed by atoms with van der Waals surface area (Å²) in [6.45, 7) is 4.32. The molecule has 1 aliphatic heterocycles. The molecule has 0 saturated carbocycles. The zero-order valence-electron chi connectivity index (χ0n) is 10.7. The maximum atomic E-state index is 10.4. The van der Waals surface area contributed by atoms with Gasteiger partial charge in [-0.1, -0.05) is 35.9 Å². The molecule has 0 aliphatic carbocycles. The van der Waals surface area contributed by atoms with Crippen molar-refractivity contribution in [3.63, 3.8) is 0 Å². The molecular weight excluding hydrogens is 262 g/mol. The number of quaternary nitrogens is 1. The van der Waals surface area contributed by atoms with Crippen molar-refractivity contribution in [3.8, 4) is 5.75 Å². The van der Waals surface area contributed by atoms with Gasteiger partial charge in [-0.25, -0.2) is 0 Å². The molecule has 1 aliphatic rings. The molecule has 0 amide bonds. The molecule has 3 nitrogen and oxygen atoms in total. The summed E-state index contributed by atoms with van der Waals surface area (Å²) in [5.74, 6) is 0.360. The molecule has 0 spiro atoms. The number of phenolic OH excluding ortho intramolecular Hbond substituents is 1. The highest BCUT2D eigenvalue weighted by atomic mass is 35.5. The van der Waals surface area contributed by atoms with Gasteiger partial charge in [-0.05, 0) is 6.07 Å². The Morgan fingerprint density at radius 1 is 1.16 bits per heavy atom. The monoisotopic (exact) mass is 278 g/mol. The van der Waals surface area contributed by atoms with Crippen LogP contribution >= 0.6 is 11.6 Å². The topological polar surface area (TPSA) is 33.9 Å². The average molecular weight is 279 g/mol. The Kier molecular flexibility index (Phi) is 3.60. The summed E-state index contributed by atoms with van der Waals surface area (Å²) in [4.78, 5) is 1.42. The second kappa shape index (κ2) is 5.37. The third-order valence-electron chi connectivity index (χ3n) is 3.68. The maximum Gasteiger partial charge on any atom is 0.132 e. The van der Waals surface area contributed by atoms with Crippen LogP contribution in [0.2, 0.25) is 5.02 Å². The van der Waals surface area contributed by atoms with Gasteiger partial charge in [0.25, 0.3) is 0 Å². The minimum atomic E-state index is 0.360. The Labute approximate surface area is 117 Å². The van der Waals surface area contributed by atoms with Crippen LogP contribution in [0, 0.1) is 0 Å². The van der Waals surface area contributed by atoms with Crippen molar-refractivity contribution in [3.05, 3.63) is 40.9 Å². The predicted molar refractivity (Wildman–Crippen MR) is 75.8 cm³/mol. The fourth-order valence-corrected chi connectivity index (χ4v) is 2.91. The van der Waals surface area contributed by atoms with Crippen LogP contribution < -0.4 is 4.90 Å². The van der Waals surface area contributed by atoms with E-state index in [9.17, 15) is 5.11 Å². The lowest BCUT2D eigenvalue weighted by Gasteiger charge is -2.24. The molecular formula is C15H17ClNO2+. The van der Waals surface area contributed by atoms with E-state index in [2.05, 4.69) is 0 Å². The van der Waals surface area contributed by atoms with Crippen LogP contribution in [-0.2, 0) is 11.3 Å². The Bertz CT molecular complexity index is 594. The molecule has 1 fully saturated rings. The molecule has 0 radical (unpaired) electrons. The molecule has 19 heavy (non-hydrogen) atoms. The number of phenols is 1. The van der Waals surface area contributed by atoms with E-state index in [0.29, 0.717) is 10.8 Å². The molecule has 3 rings (SSSR count). The molecule has 1 heterocycles. The second-order valence-corrected chi connectivity index (χ2v) is 5.36. The van der Waals surface area contributed by atoms with E-state index in [1.165, 1.54) is 4.90 Å². The number of morpholine rings is 1. The number of nitrogens with one attached hydrogen (secondary N) is 1. The molecule has 0 aromatic heterocycles. The number of aromatic hydroxyl groups is 1. The number of hydrogen-bond acceptors (Lipinski definition) is 2. The van der Waals surface area contributed by atoms with Crippen LogP contribution in [0.15, 0.2) is 30.3 Å². The van der Waals surface area contributed by atoms with E-state index in [1.807, 2.05) is 30.3 Å². The van der Waals surface area contributed by atoms with E-state index in [-0.39, 0.29) is 0 Å². The van der Waals surface area contributed by atoms with Crippen molar-refractivity contribution >= 4 is 22.4 Å². The number of fused-ring (bicyclic) bond motifs is 1. The van der Waals surface area contributed by atoms with Gasteiger partial charge in [0, 0.05) is 15.8 Å². The lowest BCUT2D eigenvalue weighted by atomic mass is 10.0. The van der Waals surface area contributed by atoms with Crippen molar-refractivity contribution in [2.24, 2.45) is 0 Å². The zero-order chi connectivity index (χ0) is 13.2. The molecule has 2 aromatic rings. The van der Waals surface area contributed by atoms with E-state index in [4.69, 9.17) is 16.3 Å². The van der Waals surface area contributed by atoms with Crippen molar-refractivity contribution in [1.82, 2.24) is 0 Å². The summed E-state index contributed by atoms with van der Waals surface area (Å²) in [5, 5.41) is 12.8. The Hall–Kier alpha value is -1.29. The normalized spacial score (nSPS) is 16.9. The van der Waals surface area contributed by atoms with Crippen molar-refractivity contribution in [2.45, 2.75) is 6.54 Å². The summed E-state index contributed by atoms with van der Waals surface area (Å²) >= 11 is 6.31. The SMILES string of the molecule is Oc1c(C[NH+]2CCOCC2)cc(Cl)c2ccccc12. The first-order valence-corrected chi connectivity index (χ1v) is 6.94. The molecule has 0 unspecified atom stereocenters. The first-order valence-electron chi connectivity index (χ1n) is 6.56. The summed E-state index contributed by atoms with van der Waals surface area (Å²) in [6, 6.07) is 9.59. The number of halogens is 1. The maximum absolute atomic E-state index is 10.4. The Morgan fingerprint density at radius 3 is 2.58 bits per heavy atom. The molecule has 100 valence electrons. The van der Waals surface area contributed by atoms with Crippen LogP contribution in [-0.4, -0.2) is 31.4 Å². The van der Waals surface area contributed by atoms with Crippen LogP contribution in [0.4, 0.5) is 0 Å². The standard InChI is InChI=1S/C15H16ClNO2/c16-14-9-11(10-17-5-7-19-8-6-17)15(18)13-4-2-1-3-12(13)14/h1-4,9,18H,5-8,10H2/p+1. The van der Waals surface area contributed by atoms with Gasteiger partial charge in [0.2, 0.25) is 0 Å². The molecule has 0 bridgehead atoms. The highest BCUT2D eigenvalue weighted by Crippen LogP contribution is 2.33. The minimum Gasteiger partial charge on any atom is -0.507 e. The lowest BCUT2D eigenvalue weighted by Crippen LogP contribution is -3.12. The molecule has 1 saturated heterocycles. The Balaban J connectivity index is 1.97. The number of rotatable bonds is 2. The van der Waals surface area contributed by atoms with Crippen LogP contribution in [0.3, 0.4) is 0 Å². The van der Waals surface area contributed by atoms with Gasteiger partial charge in [-0.15, -0.1) is 0 Å². The summed E-state index contributed by atoms with van der Waals surface area (Å²) < 4.78 is 5.35. The van der Waals surface area contributed by atoms with Gasteiger partial charge < -0.3 is 14.7 Å². The number of ether oxygens (including phenoxy) is 1. The minimum absolute atomic E-state index is 0.360. The van der Waals surface area contributed by atoms with E-state index in [1.54, 1.807) is 0 Å². The smallest absolute Gasteiger partial charge is 0.132 e. The van der Waals surface area contributed by atoms with Crippen LogP contribution in [0.5, 0.6) is 5.75 Å². The van der Waals surface area contributed by atoms with Gasteiger partial charge in [0.05, 0.1) is 18.8 Å². The van der Waals surface area contributed by atoms with Gasteiger partial charge >= 0.3 is 0 Å². The van der Waals surface area contributed by atoms with Crippen molar-refractivity contribution < 1.29 is 14.7 Å². The largest absolute Gasteiger partial charge is 0.507 e. The summed E-state index contributed by atoms with van der Waals surface area (Å²) in [5.41, 5.74) is 0.917. The average Bonchev–Trinajstić information content (AvgIpc) is 2.46. The van der Waals surface area contributed by atoms with Crippen molar-refractivity contribution in [1.29, 1.82) is 0 Å². The van der Waals surface area contributed by atoms with E-state index < -0.39 is 0 Å². The van der Waals surface area contributed by atoms with Crippen LogP contribution in [0.25, 0.3) is 10.8 Å². The van der Waals surface area contributed by atoms with Gasteiger partial charge in [-0.2, -0.15) is 0 Å². The number of hydrogen-bond donors (Lipinski definition) is 2. The third-order valence-corrected chi connectivity index (χ3v) is 4.00. The fraction of sp³-hybridized carbons (Fsp3) is 0.333. The summed E-state index contributed by atoms with van der Waals surface area (Å²) in [6.07, 6.45) is 0. The quantitative estimate of drug-likeness (QED) is 0.875. The summed E-state index contributed by atoms with van der Waals surface area (Å²) in [7, 11) is 0. The van der Waals surface area contributed by atoms with Crippen molar-refractivity contribution in [2.75, 3.05) is 26.3 Å². The van der Waals surface area contributed by atoms with Crippen LogP contribution in [0.1, 0.15) is 5.56 Å². The molecule has 2 N–H and O–H groups in total. The zero-order valence-corrected chi connectivity index (χ0v) is 11.4. The third kappa shape index (κ3) is 2.54. The predicted octanol–water partition coefficient (Wildman–Crippen LogP) is 1.61. The van der Waals surface area contributed by atoms with E-state index in [0.717, 1.165) is 49.2 Å². The van der Waals surface area contributed by atoms with Gasteiger partial charge in [0.15, 0.2) is 0 Å². The Morgan fingerprint density at radius 2 is 1.84 bits per heavy atom. The highest BCUT2D eigenvalue weighted by Gasteiger charge is 2.18. The van der Waals surface area contributed by atoms with E-state index >= 15 is 0 Å². The van der Waals surface area contributed by atoms with Gasteiger partial charge in [-0.3, -0.25) is 0 Å². The molecule has 4 heteroatoms. The second-order valence-electron chi connectivity index (χ2n) is 4.95. The lowest BCUT2D eigenvalue weighted by molar-refractivity contribution is -0.921.